The Morgan fingerprint density at radius 1 is 1.20 bits per heavy atom. The van der Waals surface area contributed by atoms with E-state index in [9.17, 15) is 9.59 Å². The summed E-state index contributed by atoms with van der Waals surface area (Å²) in [6.45, 7) is 6.78. The first kappa shape index (κ1) is 25.6. The van der Waals surface area contributed by atoms with Gasteiger partial charge in [-0.1, -0.05) is 24.8 Å². The summed E-state index contributed by atoms with van der Waals surface area (Å²) in [5.74, 6) is 1.32. The van der Waals surface area contributed by atoms with Gasteiger partial charge in [0.25, 0.3) is 0 Å². The second kappa shape index (κ2) is 12.0. The van der Waals surface area contributed by atoms with Crippen LogP contribution in [0.4, 0.5) is 11.5 Å². The molecule has 0 N–H and O–H groups in total. The first-order valence-corrected chi connectivity index (χ1v) is 13.1. The van der Waals surface area contributed by atoms with Crippen molar-refractivity contribution < 1.29 is 19.1 Å². The molecule has 0 bridgehead atoms. The zero-order valence-corrected chi connectivity index (χ0v) is 21.6. The largest absolute Gasteiger partial charge is 0.466 e. The second-order valence-electron chi connectivity index (χ2n) is 9.19. The smallest absolute Gasteiger partial charge is 0.308 e. The van der Waals surface area contributed by atoms with E-state index in [-0.39, 0.29) is 17.7 Å². The summed E-state index contributed by atoms with van der Waals surface area (Å²) in [7, 11) is 1.65. The van der Waals surface area contributed by atoms with Gasteiger partial charge >= 0.3 is 5.97 Å². The molecule has 0 amide bonds. The van der Waals surface area contributed by atoms with Gasteiger partial charge in [0.1, 0.15) is 11.8 Å². The fourth-order valence-electron chi connectivity index (χ4n) is 4.66. The molecule has 9 heteroatoms. The minimum Gasteiger partial charge on any atom is -0.466 e. The summed E-state index contributed by atoms with van der Waals surface area (Å²) in [4.78, 5) is 39.2. The SMILES string of the molecule is CCOC(=O)C(C)CCC1CCN(CC(=O)c2ccc3c(c2)N(COC)c2nccnc2S3)CC1. The Morgan fingerprint density at radius 3 is 2.71 bits per heavy atom. The molecule has 1 atom stereocenters. The molecule has 1 aromatic heterocycles. The van der Waals surface area contributed by atoms with E-state index in [1.807, 2.05) is 36.9 Å². The van der Waals surface area contributed by atoms with Crippen molar-refractivity contribution in [2.45, 2.75) is 49.5 Å². The number of anilines is 2. The number of Topliss-reactive ketones (excluding diaryl/α,β-unsaturated/α-hetero) is 1. The van der Waals surface area contributed by atoms with E-state index in [1.54, 1.807) is 31.3 Å². The average molecular weight is 499 g/mol. The van der Waals surface area contributed by atoms with Crippen LogP contribution in [0.25, 0.3) is 0 Å². The Labute approximate surface area is 211 Å². The van der Waals surface area contributed by atoms with Crippen LogP contribution in [-0.2, 0) is 14.3 Å². The number of nitrogens with zero attached hydrogens (tertiary/aromatic N) is 4. The fraction of sp³-hybridized carbons (Fsp3) is 0.538. The number of esters is 1. The van der Waals surface area contributed by atoms with E-state index in [2.05, 4.69) is 14.9 Å². The maximum absolute atomic E-state index is 13.2. The number of ether oxygens (including phenoxy) is 2. The third kappa shape index (κ3) is 6.20. The lowest BCUT2D eigenvalue weighted by atomic mass is 9.89. The molecule has 3 heterocycles. The Kier molecular flexibility index (Phi) is 8.75. The summed E-state index contributed by atoms with van der Waals surface area (Å²) in [6.07, 6.45) is 7.36. The van der Waals surface area contributed by atoms with E-state index in [1.165, 1.54) is 0 Å². The standard InChI is InChI=1S/C26H34N4O4S/c1-4-34-26(32)18(2)5-6-19-9-13-29(14-10-19)16-22(31)20-7-8-23-21(15-20)30(17-33-3)24-25(35-23)28-12-11-27-24/h7-8,11-12,15,18-19H,4-6,9-10,13-14,16-17H2,1-3H3. The topological polar surface area (TPSA) is 84.9 Å². The summed E-state index contributed by atoms with van der Waals surface area (Å²) in [5, 5.41) is 0.829. The van der Waals surface area contributed by atoms with Gasteiger partial charge in [-0.25, -0.2) is 9.97 Å². The molecule has 0 aliphatic carbocycles. The van der Waals surface area contributed by atoms with Crippen molar-refractivity contribution in [3.8, 4) is 0 Å². The third-order valence-electron chi connectivity index (χ3n) is 6.71. The van der Waals surface area contributed by atoms with Crippen LogP contribution in [0.1, 0.15) is 49.9 Å². The summed E-state index contributed by atoms with van der Waals surface area (Å²) in [5.41, 5.74) is 1.62. The van der Waals surface area contributed by atoms with Crippen molar-refractivity contribution in [2.24, 2.45) is 11.8 Å². The number of likely N-dealkylation sites (tertiary alicyclic amines) is 1. The predicted octanol–water partition coefficient (Wildman–Crippen LogP) is 4.56. The second-order valence-corrected chi connectivity index (χ2v) is 10.2. The van der Waals surface area contributed by atoms with Crippen LogP contribution < -0.4 is 4.90 Å². The van der Waals surface area contributed by atoms with Gasteiger partial charge in [0.2, 0.25) is 0 Å². The molecular weight excluding hydrogens is 464 g/mol. The Morgan fingerprint density at radius 2 is 1.97 bits per heavy atom. The Hall–Kier alpha value is -2.49. The molecule has 1 unspecified atom stereocenters. The molecule has 2 aliphatic rings. The highest BCUT2D eigenvalue weighted by Crippen LogP contribution is 2.46. The molecule has 2 aliphatic heterocycles. The molecule has 8 nitrogen and oxygen atoms in total. The van der Waals surface area contributed by atoms with Crippen LogP contribution in [0, 0.1) is 11.8 Å². The van der Waals surface area contributed by atoms with E-state index in [0.29, 0.717) is 31.4 Å². The number of piperidine rings is 1. The molecule has 1 fully saturated rings. The van der Waals surface area contributed by atoms with Crippen molar-refractivity contribution in [3.05, 3.63) is 36.2 Å². The lowest BCUT2D eigenvalue weighted by Gasteiger charge is -2.32. The number of ketones is 1. The third-order valence-corrected chi connectivity index (χ3v) is 7.76. The summed E-state index contributed by atoms with van der Waals surface area (Å²) >= 11 is 1.56. The minimum absolute atomic E-state index is 0.0487. The summed E-state index contributed by atoms with van der Waals surface area (Å²) in [6, 6.07) is 5.85. The maximum Gasteiger partial charge on any atom is 0.308 e. The van der Waals surface area contributed by atoms with Crippen LogP contribution in [0.3, 0.4) is 0 Å². The monoisotopic (exact) mass is 498 g/mol. The molecule has 0 spiro atoms. The molecule has 1 saturated heterocycles. The fourth-order valence-corrected chi connectivity index (χ4v) is 5.64. The van der Waals surface area contributed by atoms with Crippen LogP contribution in [0.5, 0.6) is 0 Å². The normalized spacial score (nSPS) is 16.9. The number of methoxy groups -OCH3 is 1. The molecule has 4 rings (SSSR count). The number of aromatic nitrogens is 2. The van der Waals surface area contributed by atoms with Gasteiger partial charge < -0.3 is 9.47 Å². The van der Waals surface area contributed by atoms with Crippen molar-refractivity contribution in [2.75, 3.05) is 45.0 Å². The highest BCUT2D eigenvalue weighted by Gasteiger charge is 2.28. The zero-order valence-electron chi connectivity index (χ0n) is 20.7. The Balaban J connectivity index is 1.33. The predicted molar refractivity (Wildman–Crippen MR) is 135 cm³/mol. The zero-order chi connectivity index (χ0) is 24.8. The summed E-state index contributed by atoms with van der Waals surface area (Å²) < 4.78 is 10.5. The van der Waals surface area contributed by atoms with Crippen molar-refractivity contribution in [3.63, 3.8) is 0 Å². The molecule has 188 valence electrons. The van der Waals surface area contributed by atoms with Crippen LogP contribution in [-0.4, -0.2) is 66.7 Å². The van der Waals surface area contributed by atoms with Crippen molar-refractivity contribution >= 4 is 35.0 Å². The van der Waals surface area contributed by atoms with Gasteiger partial charge in [0.15, 0.2) is 11.6 Å². The van der Waals surface area contributed by atoms with Crippen LogP contribution >= 0.6 is 11.8 Å². The lowest BCUT2D eigenvalue weighted by Crippen LogP contribution is -2.37. The number of rotatable bonds is 10. The number of hydrogen-bond acceptors (Lipinski definition) is 9. The highest BCUT2D eigenvalue weighted by atomic mass is 32.2. The van der Waals surface area contributed by atoms with Gasteiger partial charge in [0.05, 0.1) is 24.8 Å². The van der Waals surface area contributed by atoms with E-state index in [4.69, 9.17) is 9.47 Å². The number of benzene rings is 1. The maximum atomic E-state index is 13.2. The lowest BCUT2D eigenvalue weighted by molar-refractivity contribution is -0.147. The van der Waals surface area contributed by atoms with E-state index >= 15 is 0 Å². The van der Waals surface area contributed by atoms with Crippen molar-refractivity contribution in [1.82, 2.24) is 14.9 Å². The van der Waals surface area contributed by atoms with Crippen LogP contribution in [0.2, 0.25) is 0 Å². The highest BCUT2D eigenvalue weighted by molar-refractivity contribution is 7.99. The number of carbonyl (C=O) groups excluding carboxylic acids is 2. The average Bonchev–Trinajstić information content (AvgIpc) is 2.88. The van der Waals surface area contributed by atoms with Gasteiger partial charge in [-0.3, -0.25) is 19.4 Å². The number of fused-ring (bicyclic) bond motifs is 2. The van der Waals surface area contributed by atoms with Gasteiger partial charge in [-0.15, -0.1) is 0 Å². The van der Waals surface area contributed by atoms with Gasteiger partial charge in [0, 0.05) is 30.0 Å². The first-order valence-electron chi connectivity index (χ1n) is 12.3. The minimum atomic E-state index is -0.0985. The van der Waals surface area contributed by atoms with E-state index < -0.39 is 0 Å². The molecule has 35 heavy (non-hydrogen) atoms. The van der Waals surface area contributed by atoms with Gasteiger partial charge in [-0.2, -0.15) is 0 Å². The molecule has 0 radical (unpaired) electrons. The Bertz CT molecular complexity index is 1040. The first-order chi connectivity index (χ1) is 17.0. The molecule has 0 saturated carbocycles. The molecule has 2 aromatic rings. The molecule has 1 aromatic carbocycles. The van der Waals surface area contributed by atoms with Crippen LogP contribution in [0.15, 0.2) is 40.5 Å². The van der Waals surface area contributed by atoms with Gasteiger partial charge in [-0.05, 0) is 63.7 Å². The van der Waals surface area contributed by atoms with E-state index in [0.717, 1.165) is 60.2 Å². The quantitative estimate of drug-likeness (QED) is 0.346. The number of carbonyl (C=O) groups is 2. The molecular formula is C26H34N4O4S. The van der Waals surface area contributed by atoms with Crippen molar-refractivity contribution in [1.29, 1.82) is 0 Å². The number of hydrogen-bond donors (Lipinski definition) is 0.